The third-order valence-electron chi connectivity index (χ3n) is 4.94. The topological polar surface area (TPSA) is 90.3 Å². The number of carbonyl (C=O) groups is 3. The van der Waals surface area contributed by atoms with E-state index in [1.54, 1.807) is 0 Å². The van der Waals surface area contributed by atoms with Crippen LogP contribution in [0.2, 0.25) is 0 Å². The van der Waals surface area contributed by atoms with E-state index in [0.29, 0.717) is 19.5 Å². The Labute approximate surface area is 152 Å². The molecule has 0 saturated carbocycles. The molecule has 0 aliphatic carbocycles. The highest BCUT2D eigenvalue weighted by Gasteiger charge is 2.37. The highest BCUT2D eigenvalue weighted by atomic mass is 16.4. The molecular formula is C19H23N3O4. The number of amides is 2. The van der Waals surface area contributed by atoms with Crippen molar-refractivity contribution >= 4 is 23.5 Å². The smallest absolute Gasteiger partial charge is 0.326 e. The van der Waals surface area contributed by atoms with Gasteiger partial charge in [-0.15, -0.1) is 0 Å². The summed E-state index contributed by atoms with van der Waals surface area (Å²) in [6, 6.07) is 8.62. The summed E-state index contributed by atoms with van der Waals surface area (Å²) < 4.78 is 0. The van der Waals surface area contributed by atoms with Gasteiger partial charge in [-0.1, -0.05) is 37.3 Å². The van der Waals surface area contributed by atoms with Crippen molar-refractivity contribution in [3.63, 3.8) is 0 Å². The van der Waals surface area contributed by atoms with Crippen LogP contribution >= 0.6 is 0 Å². The number of carboxylic acid groups (broad SMARTS) is 1. The van der Waals surface area contributed by atoms with Gasteiger partial charge in [0.15, 0.2) is 0 Å². The number of nitrogens with zero attached hydrogens (tertiary/aromatic N) is 3. The number of aliphatic carboxylic acids is 1. The summed E-state index contributed by atoms with van der Waals surface area (Å²) in [5, 5.41) is 15.0. The number of hydrogen-bond donors (Lipinski definition) is 1. The maximum absolute atomic E-state index is 12.9. The van der Waals surface area contributed by atoms with Crippen LogP contribution in [0.25, 0.3) is 0 Å². The third kappa shape index (κ3) is 3.92. The van der Waals surface area contributed by atoms with Crippen LogP contribution in [0, 0.1) is 5.92 Å². The zero-order valence-electron chi connectivity index (χ0n) is 14.8. The number of hydrazone groups is 1. The van der Waals surface area contributed by atoms with Crippen molar-refractivity contribution in [3.05, 3.63) is 35.9 Å². The standard InChI is InChI=1S/C19H23N3O4/c1-13-9-10-21(16(11-13)19(25)26)18(24)15-7-8-17(23)22(20-15)12-14-5-3-2-4-6-14/h2-6,13,16H,7-12H2,1H3,(H,25,26). The van der Waals surface area contributed by atoms with Gasteiger partial charge in [0.1, 0.15) is 11.8 Å². The van der Waals surface area contributed by atoms with Gasteiger partial charge in [-0.3, -0.25) is 9.59 Å². The Morgan fingerprint density at radius 1 is 1.23 bits per heavy atom. The van der Waals surface area contributed by atoms with Crippen LogP contribution in [0.4, 0.5) is 0 Å². The monoisotopic (exact) mass is 357 g/mol. The van der Waals surface area contributed by atoms with Gasteiger partial charge < -0.3 is 10.0 Å². The van der Waals surface area contributed by atoms with Crippen LogP contribution < -0.4 is 0 Å². The fourth-order valence-corrected chi connectivity index (χ4v) is 3.42. The van der Waals surface area contributed by atoms with Gasteiger partial charge in [0, 0.05) is 19.4 Å². The molecule has 1 aromatic carbocycles. The Kier molecular flexibility index (Phi) is 5.35. The second-order valence-corrected chi connectivity index (χ2v) is 6.97. The average Bonchev–Trinajstić information content (AvgIpc) is 2.63. The van der Waals surface area contributed by atoms with Gasteiger partial charge in [-0.05, 0) is 24.3 Å². The minimum Gasteiger partial charge on any atom is -0.480 e. The van der Waals surface area contributed by atoms with Crippen molar-refractivity contribution in [1.82, 2.24) is 9.91 Å². The molecule has 2 heterocycles. The number of benzene rings is 1. The summed E-state index contributed by atoms with van der Waals surface area (Å²) in [5.74, 6) is -1.22. The van der Waals surface area contributed by atoms with E-state index in [9.17, 15) is 19.5 Å². The lowest BCUT2D eigenvalue weighted by Crippen LogP contribution is -2.52. The molecule has 0 radical (unpaired) electrons. The second kappa shape index (κ2) is 7.68. The fourth-order valence-electron chi connectivity index (χ4n) is 3.42. The summed E-state index contributed by atoms with van der Waals surface area (Å²) in [5.41, 5.74) is 1.19. The summed E-state index contributed by atoms with van der Waals surface area (Å²) in [7, 11) is 0. The first-order valence-corrected chi connectivity index (χ1v) is 8.91. The molecule has 7 nitrogen and oxygen atoms in total. The van der Waals surface area contributed by atoms with Gasteiger partial charge in [0.05, 0.1) is 6.54 Å². The zero-order valence-corrected chi connectivity index (χ0v) is 14.8. The lowest BCUT2D eigenvalue weighted by molar-refractivity contribution is -0.150. The van der Waals surface area contributed by atoms with E-state index in [1.807, 2.05) is 37.3 Å². The lowest BCUT2D eigenvalue weighted by Gasteiger charge is -2.36. The van der Waals surface area contributed by atoms with Gasteiger partial charge in [0.2, 0.25) is 5.91 Å². The molecule has 2 unspecified atom stereocenters. The Morgan fingerprint density at radius 2 is 1.96 bits per heavy atom. The van der Waals surface area contributed by atoms with Crippen molar-refractivity contribution in [1.29, 1.82) is 0 Å². The van der Waals surface area contributed by atoms with Crippen LogP contribution in [-0.4, -0.2) is 51.1 Å². The molecule has 1 aromatic rings. The Hall–Kier alpha value is -2.70. The van der Waals surface area contributed by atoms with Gasteiger partial charge in [0.25, 0.3) is 5.91 Å². The Morgan fingerprint density at radius 3 is 2.65 bits per heavy atom. The molecule has 0 aromatic heterocycles. The van der Waals surface area contributed by atoms with E-state index in [-0.39, 0.29) is 36.3 Å². The lowest BCUT2D eigenvalue weighted by atomic mass is 9.92. The quantitative estimate of drug-likeness (QED) is 0.891. The first kappa shape index (κ1) is 18.1. The highest BCUT2D eigenvalue weighted by molar-refractivity contribution is 6.39. The van der Waals surface area contributed by atoms with E-state index in [1.165, 1.54) is 9.91 Å². The molecule has 1 fully saturated rings. The number of carboxylic acids is 1. The van der Waals surface area contributed by atoms with Gasteiger partial charge in [-0.25, -0.2) is 9.80 Å². The molecule has 1 N–H and O–H groups in total. The number of piperidine rings is 1. The first-order valence-electron chi connectivity index (χ1n) is 8.91. The molecular weight excluding hydrogens is 334 g/mol. The van der Waals surface area contributed by atoms with Crippen LogP contribution in [-0.2, 0) is 20.9 Å². The van der Waals surface area contributed by atoms with E-state index in [2.05, 4.69) is 5.10 Å². The van der Waals surface area contributed by atoms with E-state index in [0.717, 1.165) is 12.0 Å². The molecule has 2 amide bonds. The predicted octanol–water partition coefficient (Wildman–Crippen LogP) is 1.88. The molecule has 0 spiro atoms. The minimum atomic E-state index is -0.987. The van der Waals surface area contributed by atoms with Crippen molar-refractivity contribution in [2.45, 2.75) is 45.2 Å². The van der Waals surface area contributed by atoms with Crippen molar-refractivity contribution < 1.29 is 19.5 Å². The Bertz CT molecular complexity index is 732. The summed E-state index contributed by atoms with van der Waals surface area (Å²) >= 11 is 0. The number of hydrogen-bond acceptors (Lipinski definition) is 4. The predicted molar refractivity (Wildman–Crippen MR) is 95.2 cm³/mol. The maximum atomic E-state index is 12.9. The molecule has 7 heteroatoms. The van der Waals surface area contributed by atoms with Crippen LogP contribution in [0.15, 0.2) is 35.4 Å². The fraction of sp³-hybridized carbons (Fsp3) is 0.474. The van der Waals surface area contributed by atoms with Crippen LogP contribution in [0.3, 0.4) is 0 Å². The first-order chi connectivity index (χ1) is 12.5. The van der Waals surface area contributed by atoms with Crippen LogP contribution in [0.5, 0.6) is 0 Å². The molecule has 2 aliphatic heterocycles. The minimum absolute atomic E-state index is 0.132. The van der Waals surface area contributed by atoms with Gasteiger partial charge in [-0.2, -0.15) is 5.10 Å². The summed E-state index contributed by atoms with van der Waals surface area (Å²) in [6.45, 7) is 2.70. The van der Waals surface area contributed by atoms with Crippen molar-refractivity contribution in [2.24, 2.45) is 11.0 Å². The van der Waals surface area contributed by atoms with E-state index < -0.39 is 12.0 Å². The number of likely N-dealkylation sites (tertiary alicyclic amines) is 1. The SMILES string of the molecule is CC1CCN(C(=O)C2=NN(Cc3ccccc3)C(=O)CC2)C(C(=O)O)C1. The van der Waals surface area contributed by atoms with Crippen molar-refractivity contribution in [2.75, 3.05) is 6.54 Å². The van der Waals surface area contributed by atoms with E-state index in [4.69, 9.17) is 0 Å². The second-order valence-electron chi connectivity index (χ2n) is 6.97. The summed E-state index contributed by atoms with van der Waals surface area (Å²) in [6.07, 6.45) is 1.68. The molecule has 26 heavy (non-hydrogen) atoms. The number of rotatable bonds is 4. The molecule has 0 bridgehead atoms. The Balaban J connectivity index is 1.78. The molecule has 1 saturated heterocycles. The third-order valence-corrected chi connectivity index (χ3v) is 4.94. The molecule has 3 rings (SSSR count). The van der Waals surface area contributed by atoms with Crippen molar-refractivity contribution in [3.8, 4) is 0 Å². The average molecular weight is 357 g/mol. The van der Waals surface area contributed by atoms with Crippen LogP contribution in [0.1, 0.15) is 38.2 Å². The number of carbonyl (C=O) groups excluding carboxylic acids is 2. The molecule has 138 valence electrons. The highest BCUT2D eigenvalue weighted by Crippen LogP contribution is 2.24. The zero-order chi connectivity index (χ0) is 18.7. The molecule has 2 aliphatic rings. The van der Waals surface area contributed by atoms with E-state index >= 15 is 0 Å². The van der Waals surface area contributed by atoms with Gasteiger partial charge >= 0.3 is 5.97 Å². The maximum Gasteiger partial charge on any atom is 0.326 e. The largest absolute Gasteiger partial charge is 0.480 e. The molecule has 2 atom stereocenters. The normalized spacial score (nSPS) is 23.6. The summed E-state index contributed by atoms with van der Waals surface area (Å²) in [4.78, 5) is 38.0.